The Morgan fingerprint density at radius 2 is 1.67 bits per heavy atom. The number of aromatic hydroxyl groups is 1. The van der Waals surface area contributed by atoms with Gasteiger partial charge < -0.3 is 25.0 Å². The topological polar surface area (TPSA) is 88.0 Å². The fourth-order valence-corrected chi connectivity index (χ4v) is 3.00. The van der Waals surface area contributed by atoms with Crippen LogP contribution in [0, 0.1) is 0 Å². The zero-order valence-electron chi connectivity index (χ0n) is 17.8. The van der Waals surface area contributed by atoms with E-state index in [0.29, 0.717) is 32.5 Å². The van der Waals surface area contributed by atoms with Gasteiger partial charge >= 0.3 is 0 Å². The van der Waals surface area contributed by atoms with Crippen LogP contribution in [0.5, 0.6) is 5.75 Å². The minimum atomic E-state index is -0.515. The number of aliphatic hydroxyl groups is 1. The first-order valence-electron chi connectivity index (χ1n) is 10.4. The lowest BCUT2D eigenvalue weighted by Crippen LogP contribution is -2.40. The molecule has 0 spiro atoms. The minimum Gasteiger partial charge on any atom is -0.508 e. The van der Waals surface area contributed by atoms with Crippen LogP contribution in [0.15, 0.2) is 54.6 Å². The molecule has 0 aliphatic carbocycles. The normalized spacial score (nSPS) is 14.1. The molecule has 164 valence electrons. The van der Waals surface area contributed by atoms with Gasteiger partial charge in [0.25, 0.3) is 0 Å². The van der Waals surface area contributed by atoms with Gasteiger partial charge in [-0.3, -0.25) is 4.79 Å². The molecule has 6 heteroatoms. The number of phenols is 1. The van der Waals surface area contributed by atoms with E-state index in [0.717, 1.165) is 11.1 Å². The van der Waals surface area contributed by atoms with Crippen LogP contribution in [0.3, 0.4) is 0 Å². The van der Waals surface area contributed by atoms with Crippen LogP contribution in [0.25, 0.3) is 0 Å². The number of benzene rings is 2. The minimum absolute atomic E-state index is 0.0235. The predicted octanol–water partition coefficient (Wildman–Crippen LogP) is 2.85. The third-order valence-corrected chi connectivity index (χ3v) is 4.56. The maximum Gasteiger partial charge on any atom is 0.220 e. The van der Waals surface area contributed by atoms with Crippen LogP contribution < -0.4 is 5.32 Å². The van der Waals surface area contributed by atoms with Crippen molar-refractivity contribution >= 4 is 5.91 Å². The average molecular weight is 416 g/mol. The van der Waals surface area contributed by atoms with Crippen molar-refractivity contribution in [2.75, 3.05) is 19.8 Å². The van der Waals surface area contributed by atoms with Gasteiger partial charge in [0.2, 0.25) is 5.91 Å². The Kier molecular flexibility index (Phi) is 10.3. The molecule has 1 amide bonds. The molecule has 2 aromatic carbocycles. The molecule has 0 aliphatic heterocycles. The fraction of sp³-hybridized carbons (Fsp3) is 0.458. The molecule has 0 aromatic heterocycles. The van der Waals surface area contributed by atoms with Gasteiger partial charge in [0.1, 0.15) is 5.75 Å². The number of carbonyl (C=O) groups excluding carboxylic acids is 1. The van der Waals surface area contributed by atoms with E-state index in [-0.39, 0.29) is 30.4 Å². The number of aryl methyl sites for hydroxylation is 1. The summed E-state index contributed by atoms with van der Waals surface area (Å²) in [7, 11) is 0. The Morgan fingerprint density at radius 3 is 2.33 bits per heavy atom. The van der Waals surface area contributed by atoms with Crippen LogP contribution in [-0.4, -0.2) is 54.2 Å². The van der Waals surface area contributed by atoms with Gasteiger partial charge in [-0.05, 0) is 49.9 Å². The molecule has 2 aromatic rings. The van der Waals surface area contributed by atoms with E-state index < -0.39 is 6.10 Å². The molecule has 3 N–H and O–H groups in total. The SMILES string of the molecule is C[C@@H](O)CO[C@@H](C)COC[C@@H](Cc1ccc(O)cc1)NC(=O)CCc1ccccc1. The van der Waals surface area contributed by atoms with E-state index in [2.05, 4.69) is 5.32 Å². The van der Waals surface area contributed by atoms with Crippen molar-refractivity contribution in [1.29, 1.82) is 0 Å². The van der Waals surface area contributed by atoms with Crippen molar-refractivity contribution in [2.24, 2.45) is 0 Å². The van der Waals surface area contributed by atoms with E-state index in [1.165, 1.54) is 0 Å². The summed E-state index contributed by atoms with van der Waals surface area (Å²) in [5.41, 5.74) is 2.13. The standard InChI is InChI=1S/C24H33NO5/c1-18(26)15-30-19(2)16-29-17-22(14-21-8-11-23(27)12-9-21)25-24(28)13-10-20-6-4-3-5-7-20/h3-9,11-12,18-19,22,26-27H,10,13-17H2,1-2H3,(H,25,28)/t18-,19+,22-/m1/s1. The van der Waals surface area contributed by atoms with Crippen molar-refractivity contribution in [3.8, 4) is 5.75 Å². The molecule has 2 rings (SSSR count). The first kappa shape index (κ1) is 23.9. The molecule has 0 unspecified atom stereocenters. The predicted molar refractivity (Wildman–Crippen MR) is 116 cm³/mol. The van der Waals surface area contributed by atoms with Crippen LogP contribution in [0.1, 0.15) is 31.4 Å². The van der Waals surface area contributed by atoms with Crippen molar-refractivity contribution in [3.63, 3.8) is 0 Å². The number of ether oxygens (including phenoxy) is 2. The highest BCUT2D eigenvalue weighted by Crippen LogP contribution is 2.12. The number of carbonyl (C=O) groups is 1. The second-order valence-corrected chi connectivity index (χ2v) is 7.65. The molecule has 3 atom stereocenters. The van der Waals surface area contributed by atoms with Crippen LogP contribution in [0.4, 0.5) is 0 Å². The summed E-state index contributed by atoms with van der Waals surface area (Å²) in [6.45, 7) is 4.54. The number of hydrogen-bond acceptors (Lipinski definition) is 5. The summed E-state index contributed by atoms with van der Waals surface area (Å²) >= 11 is 0. The second-order valence-electron chi connectivity index (χ2n) is 7.65. The zero-order chi connectivity index (χ0) is 21.8. The van der Waals surface area contributed by atoms with Crippen LogP contribution in [-0.2, 0) is 27.1 Å². The lowest BCUT2D eigenvalue weighted by atomic mass is 10.1. The molecular weight excluding hydrogens is 382 g/mol. The molecule has 0 bridgehead atoms. The third kappa shape index (κ3) is 9.87. The largest absolute Gasteiger partial charge is 0.508 e. The van der Waals surface area contributed by atoms with Gasteiger partial charge in [-0.2, -0.15) is 0 Å². The van der Waals surface area contributed by atoms with E-state index in [1.807, 2.05) is 49.4 Å². The summed E-state index contributed by atoms with van der Waals surface area (Å²) in [6, 6.07) is 16.7. The number of nitrogens with one attached hydrogen (secondary N) is 1. The monoisotopic (exact) mass is 415 g/mol. The van der Waals surface area contributed by atoms with Crippen molar-refractivity contribution in [3.05, 3.63) is 65.7 Å². The summed E-state index contributed by atoms with van der Waals surface area (Å²) in [5.74, 6) is 0.187. The van der Waals surface area contributed by atoms with Gasteiger partial charge in [0.15, 0.2) is 0 Å². The van der Waals surface area contributed by atoms with Crippen LogP contribution >= 0.6 is 0 Å². The van der Waals surface area contributed by atoms with Gasteiger partial charge in [-0.15, -0.1) is 0 Å². The lowest BCUT2D eigenvalue weighted by Gasteiger charge is -2.21. The Bertz CT molecular complexity index is 733. The highest BCUT2D eigenvalue weighted by atomic mass is 16.5. The van der Waals surface area contributed by atoms with E-state index in [9.17, 15) is 15.0 Å². The molecule has 0 radical (unpaired) electrons. The Hall–Kier alpha value is -2.41. The van der Waals surface area contributed by atoms with Crippen LogP contribution in [0.2, 0.25) is 0 Å². The van der Waals surface area contributed by atoms with Gasteiger partial charge in [0.05, 0.1) is 38.1 Å². The van der Waals surface area contributed by atoms with Gasteiger partial charge in [-0.25, -0.2) is 0 Å². The second kappa shape index (κ2) is 13.0. The molecular formula is C24H33NO5. The van der Waals surface area contributed by atoms with Gasteiger partial charge in [0, 0.05) is 6.42 Å². The summed E-state index contributed by atoms with van der Waals surface area (Å²) in [5, 5.41) is 21.8. The first-order valence-corrected chi connectivity index (χ1v) is 10.4. The first-order chi connectivity index (χ1) is 14.4. The highest BCUT2D eigenvalue weighted by Gasteiger charge is 2.15. The molecule has 6 nitrogen and oxygen atoms in total. The lowest BCUT2D eigenvalue weighted by molar-refractivity contribution is -0.122. The molecule has 0 aliphatic rings. The summed E-state index contributed by atoms with van der Waals surface area (Å²) in [6.07, 6.45) is 1.02. The number of amides is 1. The molecule has 0 saturated carbocycles. The van der Waals surface area contributed by atoms with Crippen molar-refractivity contribution < 1.29 is 24.5 Å². The summed E-state index contributed by atoms with van der Waals surface area (Å²) in [4.78, 5) is 12.5. The molecule has 30 heavy (non-hydrogen) atoms. The number of rotatable bonds is 13. The number of phenolic OH excluding ortho intramolecular Hbond substituents is 1. The third-order valence-electron chi connectivity index (χ3n) is 4.56. The fourth-order valence-electron chi connectivity index (χ4n) is 3.00. The Labute approximate surface area is 178 Å². The molecule has 0 fully saturated rings. The smallest absolute Gasteiger partial charge is 0.220 e. The Morgan fingerprint density at radius 1 is 0.967 bits per heavy atom. The summed E-state index contributed by atoms with van der Waals surface area (Å²) < 4.78 is 11.3. The molecule has 0 heterocycles. The maximum absolute atomic E-state index is 12.5. The quantitative estimate of drug-likeness (QED) is 0.468. The number of aliphatic hydroxyl groups excluding tert-OH is 1. The maximum atomic E-state index is 12.5. The van der Waals surface area contributed by atoms with E-state index >= 15 is 0 Å². The Balaban J connectivity index is 1.86. The van der Waals surface area contributed by atoms with Crippen molar-refractivity contribution in [1.82, 2.24) is 5.32 Å². The van der Waals surface area contributed by atoms with Crippen molar-refractivity contribution in [2.45, 2.75) is 51.4 Å². The zero-order valence-corrected chi connectivity index (χ0v) is 17.8. The average Bonchev–Trinajstić information content (AvgIpc) is 2.73. The van der Waals surface area contributed by atoms with E-state index in [1.54, 1.807) is 19.1 Å². The highest BCUT2D eigenvalue weighted by molar-refractivity contribution is 5.76. The van der Waals surface area contributed by atoms with Gasteiger partial charge in [-0.1, -0.05) is 42.5 Å². The number of hydrogen-bond donors (Lipinski definition) is 3. The molecule has 0 saturated heterocycles. The van der Waals surface area contributed by atoms with E-state index in [4.69, 9.17) is 9.47 Å².